The molecule has 1 heterocycles. The van der Waals surface area contributed by atoms with Gasteiger partial charge in [0.1, 0.15) is 18.1 Å². The molecule has 1 aliphatic carbocycles. The van der Waals surface area contributed by atoms with E-state index < -0.39 is 0 Å². The second kappa shape index (κ2) is 7.71. The number of guanidine groups is 1. The van der Waals surface area contributed by atoms with Crippen LogP contribution in [0.3, 0.4) is 0 Å². The minimum Gasteiger partial charge on any atom is -0.443 e. The molecular weight excluding hydrogens is 343 g/mol. The summed E-state index contributed by atoms with van der Waals surface area (Å²) in [5, 5.41) is 6.68. The zero-order valence-corrected chi connectivity index (χ0v) is 16.6. The van der Waals surface area contributed by atoms with E-state index in [9.17, 15) is 4.39 Å². The molecule has 5 nitrogen and oxygen atoms in total. The molecule has 146 valence electrons. The third-order valence-electron chi connectivity index (χ3n) is 4.91. The maximum absolute atomic E-state index is 13.2. The first kappa shape index (κ1) is 19.4. The predicted octanol–water partition coefficient (Wildman–Crippen LogP) is 3.90. The lowest BCUT2D eigenvalue weighted by Crippen LogP contribution is -2.41. The predicted molar refractivity (Wildman–Crippen MR) is 105 cm³/mol. The Kier molecular flexibility index (Phi) is 5.53. The van der Waals surface area contributed by atoms with Crippen molar-refractivity contribution in [2.75, 3.05) is 13.1 Å². The molecule has 1 aliphatic rings. The van der Waals surface area contributed by atoms with Gasteiger partial charge in [-0.1, -0.05) is 32.9 Å². The molecule has 0 bridgehead atoms. The highest BCUT2D eigenvalue weighted by Gasteiger charge is 2.44. The molecule has 0 atom stereocenters. The number of nitrogens with zero attached hydrogens (tertiary/aromatic N) is 2. The smallest absolute Gasteiger partial charge is 0.216 e. The molecule has 2 aromatic rings. The van der Waals surface area contributed by atoms with Crippen molar-refractivity contribution in [1.82, 2.24) is 15.6 Å². The van der Waals surface area contributed by atoms with Crippen molar-refractivity contribution in [2.45, 2.75) is 57.9 Å². The first-order valence-electron chi connectivity index (χ1n) is 9.56. The van der Waals surface area contributed by atoms with E-state index >= 15 is 0 Å². The summed E-state index contributed by atoms with van der Waals surface area (Å²) in [7, 11) is 0. The van der Waals surface area contributed by atoms with Crippen LogP contribution in [-0.2, 0) is 17.4 Å². The van der Waals surface area contributed by atoms with Gasteiger partial charge >= 0.3 is 0 Å². The maximum Gasteiger partial charge on any atom is 0.216 e. The number of aromatic nitrogens is 1. The van der Waals surface area contributed by atoms with Crippen LogP contribution in [0, 0.1) is 5.82 Å². The van der Waals surface area contributed by atoms with Gasteiger partial charge in [-0.15, -0.1) is 0 Å². The van der Waals surface area contributed by atoms with E-state index in [1.165, 1.54) is 17.7 Å². The van der Waals surface area contributed by atoms with E-state index in [4.69, 9.17) is 4.42 Å². The highest BCUT2D eigenvalue weighted by molar-refractivity contribution is 5.79. The summed E-state index contributed by atoms with van der Waals surface area (Å²) in [5.74, 6) is 2.01. The third-order valence-corrected chi connectivity index (χ3v) is 4.91. The molecule has 3 rings (SSSR count). The number of benzene rings is 1. The lowest BCUT2D eigenvalue weighted by atomic mass is 9.94. The van der Waals surface area contributed by atoms with Gasteiger partial charge in [0, 0.05) is 23.9 Å². The van der Waals surface area contributed by atoms with Gasteiger partial charge < -0.3 is 15.1 Å². The fourth-order valence-corrected chi connectivity index (χ4v) is 2.99. The normalized spacial score (nSPS) is 16.3. The SMILES string of the molecule is CCNC(=NCc1ncc(C(C)(C)C)o1)NCC1(c2ccc(F)cc2)CC1. The van der Waals surface area contributed by atoms with Crippen LogP contribution < -0.4 is 10.6 Å². The van der Waals surface area contributed by atoms with Crippen molar-refractivity contribution in [3.8, 4) is 0 Å². The van der Waals surface area contributed by atoms with E-state index in [2.05, 4.69) is 41.4 Å². The molecule has 27 heavy (non-hydrogen) atoms. The first-order chi connectivity index (χ1) is 12.8. The van der Waals surface area contributed by atoms with Crippen molar-refractivity contribution in [3.63, 3.8) is 0 Å². The topological polar surface area (TPSA) is 62.5 Å². The molecule has 0 spiro atoms. The molecule has 0 aliphatic heterocycles. The van der Waals surface area contributed by atoms with Crippen molar-refractivity contribution < 1.29 is 8.81 Å². The Hall–Kier alpha value is -2.37. The molecule has 1 aromatic heterocycles. The zero-order valence-electron chi connectivity index (χ0n) is 16.6. The molecule has 1 fully saturated rings. The average molecular weight is 372 g/mol. The average Bonchev–Trinajstić information content (AvgIpc) is 3.24. The highest BCUT2D eigenvalue weighted by Crippen LogP contribution is 2.47. The van der Waals surface area contributed by atoms with Gasteiger partial charge in [-0.05, 0) is 37.5 Å². The van der Waals surface area contributed by atoms with Gasteiger partial charge in [0.2, 0.25) is 5.89 Å². The zero-order chi connectivity index (χ0) is 19.5. The Morgan fingerprint density at radius 1 is 1.22 bits per heavy atom. The standard InChI is InChI=1S/C21H29FN4O/c1-5-23-19(25-13-18-24-12-17(27-18)20(2,3)4)26-14-21(10-11-21)15-6-8-16(22)9-7-15/h6-9,12H,5,10-11,13-14H2,1-4H3,(H2,23,25,26). The van der Waals surface area contributed by atoms with E-state index in [1.54, 1.807) is 6.20 Å². The van der Waals surface area contributed by atoms with E-state index in [1.807, 2.05) is 19.1 Å². The van der Waals surface area contributed by atoms with Gasteiger partial charge in [0.05, 0.1) is 6.20 Å². The number of hydrogen-bond donors (Lipinski definition) is 2. The minimum atomic E-state index is -0.196. The van der Waals surface area contributed by atoms with E-state index in [0.717, 1.165) is 37.7 Å². The van der Waals surface area contributed by atoms with Crippen LogP contribution in [0.4, 0.5) is 4.39 Å². The Morgan fingerprint density at radius 2 is 1.93 bits per heavy atom. The van der Waals surface area contributed by atoms with Crippen LogP contribution in [0.15, 0.2) is 39.9 Å². The molecule has 0 radical (unpaired) electrons. The van der Waals surface area contributed by atoms with E-state index in [0.29, 0.717) is 12.4 Å². The Morgan fingerprint density at radius 3 is 2.48 bits per heavy atom. The molecule has 6 heteroatoms. The van der Waals surface area contributed by atoms with Gasteiger partial charge in [0.25, 0.3) is 0 Å². The molecule has 2 N–H and O–H groups in total. The summed E-state index contributed by atoms with van der Waals surface area (Å²) in [4.78, 5) is 8.92. The second-order valence-electron chi connectivity index (χ2n) is 8.20. The molecule has 0 unspecified atom stereocenters. The highest BCUT2D eigenvalue weighted by atomic mass is 19.1. The number of hydrogen-bond acceptors (Lipinski definition) is 3. The summed E-state index contributed by atoms with van der Waals surface area (Å²) in [6.07, 6.45) is 3.97. The number of halogens is 1. The van der Waals surface area contributed by atoms with Crippen LogP contribution in [0.25, 0.3) is 0 Å². The number of aliphatic imine (C=N–C) groups is 1. The van der Waals surface area contributed by atoms with Gasteiger partial charge in [-0.25, -0.2) is 14.4 Å². The lowest BCUT2D eigenvalue weighted by molar-refractivity contribution is 0.383. The first-order valence-corrected chi connectivity index (χ1v) is 9.56. The van der Waals surface area contributed by atoms with Crippen molar-refractivity contribution in [2.24, 2.45) is 4.99 Å². The summed E-state index contributed by atoms with van der Waals surface area (Å²) < 4.78 is 19.0. The summed E-state index contributed by atoms with van der Waals surface area (Å²) in [5.41, 5.74) is 1.19. The number of oxazole rings is 1. The Balaban J connectivity index is 1.63. The lowest BCUT2D eigenvalue weighted by Gasteiger charge is -2.19. The maximum atomic E-state index is 13.2. The molecule has 0 saturated heterocycles. The molecule has 0 amide bonds. The quantitative estimate of drug-likeness (QED) is 0.596. The Bertz CT molecular complexity index is 785. The molecule has 1 aromatic carbocycles. The summed E-state index contributed by atoms with van der Waals surface area (Å²) in [6.45, 7) is 10.2. The van der Waals surface area contributed by atoms with E-state index in [-0.39, 0.29) is 16.6 Å². The molecular formula is C21H29FN4O. The minimum absolute atomic E-state index is 0.0643. The fourth-order valence-electron chi connectivity index (χ4n) is 2.99. The van der Waals surface area contributed by atoms with Crippen LogP contribution in [0.1, 0.15) is 57.8 Å². The largest absolute Gasteiger partial charge is 0.443 e. The van der Waals surface area contributed by atoms with Gasteiger partial charge in [0.15, 0.2) is 5.96 Å². The monoisotopic (exact) mass is 372 g/mol. The van der Waals surface area contributed by atoms with Crippen molar-refractivity contribution in [1.29, 1.82) is 0 Å². The van der Waals surface area contributed by atoms with Crippen LogP contribution in [0.2, 0.25) is 0 Å². The molecule has 1 saturated carbocycles. The number of nitrogens with one attached hydrogen (secondary N) is 2. The third kappa shape index (κ3) is 4.87. The number of rotatable bonds is 6. The summed E-state index contributed by atoms with van der Waals surface area (Å²) in [6, 6.07) is 6.83. The van der Waals surface area contributed by atoms with Gasteiger partial charge in [-0.3, -0.25) is 0 Å². The van der Waals surface area contributed by atoms with Crippen molar-refractivity contribution in [3.05, 3.63) is 53.5 Å². The van der Waals surface area contributed by atoms with Crippen LogP contribution in [0.5, 0.6) is 0 Å². The fraction of sp³-hybridized carbons (Fsp3) is 0.524. The Labute approximate surface area is 160 Å². The van der Waals surface area contributed by atoms with Crippen LogP contribution >= 0.6 is 0 Å². The van der Waals surface area contributed by atoms with Crippen molar-refractivity contribution >= 4 is 5.96 Å². The second-order valence-corrected chi connectivity index (χ2v) is 8.20. The van der Waals surface area contributed by atoms with Crippen LogP contribution in [-0.4, -0.2) is 24.0 Å². The summed E-state index contributed by atoms with van der Waals surface area (Å²) >= 11 is 0. The van der Waals surface area contributed by atoms with Gasteiger partial charge in [-0.2, -0.15) is 0 Å².